The van der Waals surface area contributed by atoms with Gasteiger partial charge >= 0.3 is 0 Å². The van der Waals surface area contributed by atoms with E-state index in [4.69, 9.17) is 0 Å². The maximum absolute atomic E-state index is 12.6. The molecule has 3 aromatic rings. The number of anilines is 2. The minimum atomic E-state index is -0.228. The zero-order valence-corrected chi connectivity index (χ0v) is 13.9. The summed E-state index contributed by atoms with van der Waals surface area (Å²) in [6, 6.07) is 13.8. The number of nitrogens with one attached hydrogen (secondary N) is 2. The van der Waals surface area contributed by atoms with Crippen LogP contribution >= 0.6 is 0 Å². The van der Waals surface area contributed by atoms with E-state index in [-0.39, 0.29) is 5.91 Å². The summed E-state index contributed by atoms with van der Waals surface area (Å²) in [6.45, 7) is 0. The quantitative estimate of drug-likeness (QED) is 0.750. The second-order valence-corrected chi connectivity index (χ2v) is 6.39. The Bertz CT molecular complexity index is 898. The summed E-state index contributed by atoms with van der Waals surface area (Å²) >= 11 is 0. The van der Waals surface area contributed by atoms with Crippen molar-refractivity contribution in [3.05, 3.63) is 60.6 Å². The van der Waals surface area contributed by atoms with Gasteiger partial charge in [-0.3, -0.25) is 14.8 Å². The van der Waals surface area contributed by atoms with E-state index < -0.39 is 0 Å². The number of hydrogen-bond donors (Lipinski definition) is 2. The molecule has 1 aromatic carbocycles. The Labute approximate surface area is 146 Å². The lowest BCUT2D eigenvalue weighted by molar-refractivity contribution is 0.102. The van der Waals surface area contributed by atoms with Crippen molar-refractivity contribution >= 4 is 28.2 Å². The second kappa shape index (κ2) is 6.89. The Morgan fingerprint density at radius 1 is 1.00 bits per heavy atom. The number of nitrogens with zero attached hydrogens (tertiary/aromatic N) is 2. The Hall–Kier alpha value is -2.95. The first kappa shape index (κ1) is 15.6. The lowest BCUT2D eigenvalue weighted by atomic mass is 10.2. The molecule has 0 aliphatic heterocycles. The number of hydrogen-bond acceptors (Lipinski definition) is 4. The highest BCUT2D eigenvalue weighted by atomic mass is 16.1. The summed E-state index contributed by atoms with van der Waals surface area (Å²) in [4.78, 5) is 21.2. The molecular weight excluding hydrogens is 312 g/mol. The number of fused-ring (bicyclic) bond motifs is 1. The number of aromatic nitrogens is 2. The van der Waals surface area contributed by atoms with Crippen LogP contribution in [0.3, 0.4) is 0 Å². The molecule has 1 amide bonds. The number of para-hydroxylation sites is 1. The zero-order valence-electron chi connectivity index (χ0n) is 13.9. The van der Waals surface area contributed by atoms with Crippen LogP contribution in [0.15, 0.2) is 54.9 Å². The lowest BCUT2D eigenvalue weighted by Crippen LogP contribution is -2.17. The highest BCUT2D eigenvalue weighted by Gasteiger charge is 2.16. The van der Waals surface area contributed by atoms with E-state index in [1.807, 2.05) is 42.5 Å². The van der Waals surface area contributed by atoms with Crippen LogP contribution in [0.5, 0.6) is 0 Å². The summed E-state index contributed by atoms with van der Waals surface area (Å²) in [6.07, 6.45) is 8.31. The molecule has 0 bridgehead atoms. The van der Waals surface area contributed by atoms with Crippen molar-refractivity contribution in [1.29, 1.82) is 0 Å². The maximum atomic E-state index is 12.6. The molecule has 4 rings (SSSR count). The number of pyridine rings is 2. The van der Waals surface area contributed by atoms with Crippen LogP contribution in [0.25, 0.3) is 10.9 Å². The molecule has 2 heterocycles. The van der Waals surface area contributed by atoms with Gasteiger partial charge in [0.2, 0.25) is 0 Å². The third-order valence-electron chi connectivity index (χ3n) is 4.60. The van der Waals surface area contributed by atoms with Gasteiger partial charge in [-0.05, 0) is 37.1 Å². The lowest BCUT2D eigenvalue weighted by Gasteiger charge is -2.14. The molecule has 5 nitrogen and oxygen atoms in total. The van der Waals surface area contributed by atoms with E-state index in [1.165, 1.54) is 25.7 Å². The molecule has 25 heavy (non-hydrogen) atoms. The number of benzene rings is 1. The van der Waals surface area contributed by atoms with Gasteiger partial charge < -0.3 is 10.6 Å². The second-order valence-electron chi connectivity index (χ2n) is 6.39. The number of rotatable bonds is 4. The van der Waals surface area contributed by atoms with Crippen molar-refractivity contribution in [2.75, 3.05) is 10.6 Å². The normalized spacial score (nSPS) is 14.6. The molecule has 126 valence electrons. The van der Waals surface area contributed by atoms with E-state index in [9.17, 15) is 4.79 Å². The van der Waals surface area contributed by atoms with Crippen LogP contribution in [-0.4, -0.2) is 21.9 Å². The van der Waals surface area contributed by atoms with E-state index in [0.29, 0.717) is 17.4 Å². The molecule has 1 fully saturated rings. The predicted octanol–water partition coefficient (Wildman–Crippen LogP) is 4.24. The van der Waals surface area contributed by atoms with E-state index >= 15 is 0 Å². The van der Waals surface area contributed by atoms with Crippen molar-refractivity contribution in [1.82, 2.24) is 9.97 Å². The van der Waals surface area contributed by atoms with Gasteiger partial charge in [0.15, 0.2) is 0 Å². The van der Waals surface area contributed by atoms with E-state index in [0.717, 1.165) is 16.6 Å². The molecule has 1 aliphatic rings. The molecule has 0 unspecified atom stereocenters. The molecule has 5 heteroatoms. The highest BCUT2D eigenvalue weighted by molar-refractivity contribution is 6.07. The first-order valence-corrected chi connectivity index (χ1v) is 8.67. The van der Waals surface area contributed by atoms with Crippen LogP contribution in [0.4, 0.5) is 11.4 Å². The number of amides is 1. The Kier molecular flexibility index (Phi) is 4.29. The van der Waals surface area contributed by atoms with Crippen LogP contribution < -0.4 is 10.6 Å². The van der Waals surface area contributed by atoms with Gasteiger partial charge in [-0.25, -0.2) is 0 Å². The third-order valence-corrected chi connectivity index (χ3v) is 4.60. The summed E-state index contributed by atoms with van der Waals surface area (Å²) in [5, 5.41) is 7.42. The molecule has 2 aromatic heterocycles. The largest absolute Gasteiger partial charge is 0.382 e. The van der Waals surface area contributed by atoms with Crippen LogP contribution in [0, 0.1) is 0 Å². The topological polar surface area (TPSA) is 66.9 Å². The van der Waals surface area contributed by atoms with Crippen LogP contribution in [-0.2, 0) is 0 Å². The van der Waals surface area contributed by atoms with Crippen LogP contribution in [0.1, 0.15) is 36.2 Å². The van der Waals surface area contributed by atoms with E-state index in [1.54, 1.807) is 12.4 Å². The minimum Gasteiger partial charge on any atom is -0.382 e. The molecular formula is C20H20N4O. The zero-order chi connectivity index (χ0) is 17.1. The maximum Gasteiger partial charge on any atom is 0.274 e. The van der Waals surface area contributed by atoms with Crippen molar-refractivity contribution in [2.45, 2.75) is 31.7 Å². The van der Waals surface area contributed by atoms with Gasteiger partial charge in [0.05, 0.1) is 11.2 Å². The van der Waals surface area contributed by atoms with E-state index in [2.05, 4.69) is 20.6 Å². The Balaban J connectivity index is 1.54. The first-order chi connectivity index (χ1) is 12.3. The first-order valence-electron chi connectivity index (χ1n) is 8.67. The minimum absolute atomic E-state index is 0.228. The monoisotopic (exact) mass is 332 g/mol. The summed E-state index contributed by atoms with van der Waals surface area (Å²) in [5.41, 5.74) is 2.82. The molecule has 1 aliphatic carbocycles. The molecule has 2 N–H and O–H groups in total. The number of carbonyl (C=O) groups excluding carboxylic acids is 1. The Morgan fingerprint density at radius 2 is 1.84 bits per heavy atom. The average molecular weight is 332 g/mol. The number of carbonyl (C=O) groups is 1. The fourth-order valence-corrected chi connectivity index (χ4v) is 3.34. The highest BCUT2D eigenvalue weighted by Crippen LogP contribution is 2.23. The van der Waals surface area contributed by atoms with Gasteiger partial charge in [0.1, 0.15) is 5.69 Å². The fraction of sp³-hybridized carbons (Fsp3) is 0.250. The van der Waals surface area contributed by atoms with Crippen molar-refractivity contribution in [3.63, 3.8) is 0 Å². The Morgan fingerprint density at radius 3 is 2.72 bits per heavy atom. The summed E-state index contributed by atoms with van der Waals surface area (Å²) in [5.74, 6) is -0.228. The van der Waals surface area contributed by atoms with Gasteiger partial charge in [0, 0.05) is 29.5 Å². The molecule has 0 saturated heterocycles. The SMILES string of the molecule is O=C(Nc1cccc2cccnc12)c1cc(NC2CCCC2)ccn1. The van der Waals surface area contributed by atoms with Crippen molar-refractivity contribution in [3.8, 4) is 0 Å². The van der Waals surface area contributed by atoms with Gasteiger partial charge in [0.25, 0.3) is 5.91 Å². The van der Waals surface area contributed by atoms with Gasteiger partial charge in [-0.1, -0.05) is 31.0 Å². The standard InChI is InChI=1S/C20H20N4O/c25-20(24-17-9-3-5-14-6-4-11-22-19(14)17)18-13-16(10-12-21-18)23-15-7-1-2-8-15/h3-6,9-13,15H,1-2,7-8H2,(H,21,23)(H,24,25). The molecule has 1 saturated carbocycles. The third kappa shape index (κ3) is 3.45. The smallest absolute Gasteiger partial charge is 0.274 e. The molecule has 0 atom stereocenters. The van der Waals surface area contributed by atoms with Gasteiger partial charge in [-0.15, -0.1) is 0 Å². The van der Waals surface area contributed by atoms with Crippen LogP contribution in [0.2, 0.25) is 0 Å². The molecule has 0 radical (unpaired) electrons. The van der Waals surface area contributed by atoms with Crippen molar-refractivity contribution in [2.24, 2.45) is 0 Å². The fourth-order valence-electron chi connectivity index (χ4n) is 3.34. The average Bonchev–Trinajstić information content (AvgIpc) is 3.15. The summed E-state index contributed by atoms with van der Waals surface area (Å²) < 4.78 is 0. The summed E-state index contributed by atoms with van der Waals surface area (Å²) in [7, 11) is 0. The molecule has 0 spiro atoms. The van der Waals surface area contributed by atoms with Crippen molar-refractivity contribution < 1.29 is 4.79 Å². The van der Waals surface area contributed by atoms with Gasteiger partial charge in [-0.2, -0.15) is 0 Å². The predicted molar refractivity (Wildman–Crippen MR) is 99.8 cm³/mol.